The number of piperidine rings is 1. The highest BCUT2D eigenvalue weighted by Gasteiger charge is 2.29. The minimum atomic E-state index is -3.81. The van der Waals surface area contributed by atoms with Crippen LogP contribution in [0.5, 0.6) is 0 Å². The summed E-state index contributed by atoms with van der Waals surface area (Å²) < 4.78 is 22.7. The van der Waals surface area contributed by atoms with Crippen LogP contribution in [0.3, 0.4) is 0 Å². The van der Waals surface area contributed by atoms with E-state index in [9.17, 15) is 13.2 Å². The molecule has 1 aromatic rings. The van der Waals surface area contributed by atoms with Crippen molar-refractivity contribution >= 4 is 25.6 Å². The Labute approximate surface area is 124 Å². The third-order valence-electron chi connectivity index (χ3n) is 4.00. The highest BCUT2D eigenvalue weighted by Crippen LogP contribution is 2.25. The van der Waals surface area contributed by atoms with Gasteiger partial charge < -0.3 is 4.90 Å². The summed E-state index contributed by atoms with van der Waals surface area (Å²) in [7, 11) is 1.51. The number of amides is 1. The van der Waals surface area contributed by atoms with E-state index in [0.717, 1.165) is 12.8 Å². The number of halogens is 1. The van der Waals surface area contributed by atoms with Crippen LogP contribution in [0.1, 0.15) is 37.0 Å². The predicted molar refractivity (Wildman–Crippen MR) is 78.4 cm³/mol. The molecule has 2 rings (SSSR count). The molecule has 0 bridgehead atoms. The van der Waals surface area contributed by atoms with Crippen LogP contribution in [0.15, 0.2) is 29.2 Å². The lowest BCUT2D eigenvalue weighted by atomic mass is 9.91. The van der Waals surface area contributed by atoms with Crippen molar-refractivity contribution in [3.8, 4) is 0 Å². The van der Waals surface area contributed by atoms with Gasteiger partial charge in [-0.1, -0.05) is 13.0 Å². The van der Waals surface area contributed by atoms with Crippen molar-refractivity contribution < 1.29 is 13.2 Å². The molecule has 4 nitrogen and oxygen atoms in total. The maximum absolute atomic E-state index is 12.5. The molecule has 0 spiro atoms. The first-order chi connectivity index (χ1) is 9.30. The molecular weight excluding hydrogens is 298 g/mol. The van der Waals surface area contributed by atoms with Gasteiger partial charge in [0.2, 0.25) is 0 Å². The third-order valence-corrected chi connectivity index (χ3v) is 5.35. The van der Waals surface area contributed by atoms with Gasteiger partial charge in [0.25, 0.3) is 15.0 Å². The normalized spacial score (nSPS) is 23.6. The van der Waals surface area contributed by atoms with Gasteiger partial charge in [-0.15, -0.1) is 0 Å². The Kier molecular flexibility index (Phi) is 4.39. The molecule has 1 fully saturated rings. The number of benzene rings is 1. The van der Waals surface area contributed by atoms with Crippen molar-refractivity contribution in [3.63, 3.8) is 0 Å². The van der Waals surface area contributed by atoms with Gasteiger partial charge in [0.1, 0.15) is 0 Å². The summed E-state index contributed by atoms with van der Waals surface area (Å²) in [6.45, 7) is 4.87. The Morgan fingerprint density at radius 3 is 2.70 bits per heavy atom. The molecule has 110 valence electrons. The van der Waals surface area contributed by atoms with Crippen LogP contribution < -0.4 is 0 Å². The number of likely N-dealkylation sites (tertiary alicyclic amines) is 1. The summed E-state index contributed by atoms with van der Waals surface area (Å²) >= 11 is 0. The number of hydrogen-bond donors (Lipinski definition) is 0. The fourth-order valence-corrected chi connectivity index (χ4v) is 3.37. The lowest BCUT2D eigenvalue weighted by Crippen LogP contribution is -2.46. The van der Waals surface area contributed by atoms with Gasteiger partial charge in [-0.25, -0.2) is 8.42 Å². The maximum atomic E-state index is 12.5. The summed E-state index contributed by atoms with van der Waals surface area (Å²) in [4.78, 5) is 14.3. The molecule has 1 heterocycles. The molecule has 6 heteroatoms. The number of nitrogens with zero attached hydrogens (tertiary/aromatic N) is 1. The smallest absolute Gasteiger partial charge is 0.261 e. The first kappa shape index (κ1) is 15.3. The zero-order valence-corrected chi connectivity index (χ0v) is 13.1. The fraction of sp³-hybridized carbons (Fsp3) is 0.500. The van der Waals surface area contributed by atoms with E-state index >= 15 is 0 Å². The second-order valence-corrected chi connectivity index (χ2v) is 7.89. The Hall–Kier alpha value is -1.07. The van der Waals surface area contributed by atoms with Crippen LogP contribution in [0.2, 0.25) is 0 Å². The molecule has 1 saturated heterocycles. The number of carbonyl (C=O) groups is 1. The van der Waals surface area contributed by atoms with E-state index in [1.54, 1.807) is 12.1 Å². The van der Waals surface area contributed by atoms with Crippen LogP contribution >= 0.6 is 10.7 Å². The summed E-state index contributed by atoms with van der Waals surface area (Å²) in [5.41, 5.74) is 0.368. The first-order valence-electron chi connectivity index (χ1n) is 6.66. The molecular formula is C14H18ClNO3S. The number of carbonyl (C=O) groups excluding carboxylic acids is 1. The van der Waals surface area contributed by atoms with Crippen molar-refractivity contribution in [3.05, 3.63) is 29.8 Å². The highest BCUT2D eigenvalue weighted by atomic mass is 35.7. The molecule has 0 radical (unpaired) electrons. The van der Waals surface area contributed by atoms with Crippen LogP contribution in [0.25, 0.3) is 0 Å². The quantitative estimate of drug-likeness (QED) is 0.789. The van der Waals surface area contributed by atoms with Gasteiger partial charge >= 0.3 is 0 Å². The molecule has 20 heavy (non-hydrogen) atoms. The fourth-order valence-electron chi connectivity index (χ4n) is 2.57. The second-order valence-electron chi connectivity index (χ2n) is 5.32. The van der Waals surface area contributed by atoms with Gasteiger partial charge in [0.05, 0.1) is 4.90 Å². The van der Waals surface area contributed by atoms with Crippen LogP contribution in [-0.2, 0) is 9.05 Å². The molecule has 2 atom stereocenters. The minimum absolute atomic E-state index is 0.0391. The van der Waals surface area contributed by atoms with Gasteiger partial charge in [0.15, 0.2) is 0 Å². The van der Waals surface area contributed by atoms with Crippen LogP contribution in [0, 0.1) is 5.92 Å². The monoisotopic (exact) mass is 315 g/mol. The first-order valence-corrected chi connectivity index (χ1v) is 8.97. The van der Waals surface area contributed by atoms with Crippen LogP contribution in [-0.4, -0.2) is 31.8 Å². The van der Waals surface area contributed by atoms with Crippen molar-refractivity contribution in [2.24, 2.45) is 5.92 Å². The van der Waals surface area contributed by atoms with Crippen molar-refractivity contribution in [2.45, 2.75) is 37.6 Å². The van der Waals surface area contributed by atoms with Gasteiger partial charge in [-0.3, -0.25) is 4.79 Å². The molecule has 2 unspecified atom stereocenters. The molecule has 0 saturated carbocycles. The van der Waals surface area contributed by atoms with E-state index in [0.29, 0.717) is 18.0 Å². The largest absolute Gasteiger partial charge is 0.336 e. The number of hydrogen-bond acceptors (Lipinski definition) is 3. The highest BCUT2D eigenvalue weighted by molar-refractivity contribution is 8.13. The minimum Gasteiger partial charge on any atom is -0.336 e. The Balaban J connectivity index is 2.30. The second kappa shape index (κ2) is 5.74. The molecule has 1 aliphatic rings. The van der Waals surface area contributed by atoms with Gasteiger partial charge in [-0.2, -0.15) is 0 Å². The molecule has 1 aromatic carbocycles. The Morgan fingerprint density at radius 2 is 2.05 bits per heavy atom. The van der Waals surface area contributed by atoms with Crippen molar-refractivity contribution in [2.75, 3.05) is 6.54 Å². The van der Waals surface area contributed by atoms with Gasteiger partial charge in [0, 0.05) is 28.8 Å². The standard InChI is InChI=1S/C14H18ClNO3S/c1-10-5-4-8-16(11(10)2)14(17)12-6-3-7-13(9-12)20(15,18)19/h3,6-7,9-11H,4-5,8H2,1-2H3. The maximum Gasteiger partial charge on any atom is 0.261 e. The molecule has 0 aromatic heterocycles. The predicted octanol–water partition coefficient (Wildman–Crippen LogP) is 2.87. The number of rotatable bonds is 2. The Morgan fingerprint density at radius 1 is 1.35 bits per heavy atom. The summed E-state index contributed by atoms with van der Waals surface area (Å²) in [6.07, 6.45) is 2.09. The van der Waals surface area contributed by atoms with Crippen molar-refractivity contribution in [1.29, 1.82) is 0 Å². The topological polar surface area (TPSA) is 54.5 Å². The average Bonchev–Trinajstić information content (AvgIpc) is 2.40. The SMILES string of the molecule is CC1CCCN(C(=O)c2cccc(S(=O)(=O)Cl)c2)C1C. The molecule has 1 amide bonds. The van der Waals surface area contributed by atoms with Crippen molar-refractivity contribution in [1.82, 2.24) is 4.90 Å². The zero-order chi connectivity index (χ0) is 14.9. The molecule has 0 N–H and O–H groups in total. The lowest BCUT2D eigenvalue weighted by Gasteiger charge is -2.38. The van der Waals surface area contributed by atoms with E-state index < -0.39 is 9.05 Å². The average molecular weight is 316 g/mol. The van der Waals surface area contributed by atoms with Crippen LogP contribution in [0.4, 0.5) is 0 Å². The molecule has 0 aliphatic carbocycles. The lowest BCUT2D eigenvalue weighted by molar-refractivity contribution is 0.0551. The summed E-state index contributed by atoms with van der Waals surface area (Å²) in [6, 6.07) is 6.06. The van der Waals surface area contributed by atoms with E-state index in [1.165, 1.54) is 12.1 Å². The van der Waals surface area contributed by atoms with E-state index in [-0.39, 0.29) is 16.8 Å². The van der Waals surface area contributed by atoms with E-state index in [1.807, 2.05) is 11.8 Å². The summed E-state index contributed by atoms with van der Waals surface area (Å²) in [5, 5.41) is 0. The van der Waals surface area contributed by atoms with Gasteiger partial charge in [-0.05, 0) is 43.9 Å². The summed E-state index contributed by atoms with van der Waals surface area (Å²) in [5.74, 6) is 0.318. The third kappa shape index (κ3) is 3.15. The van der Waals surface area contributed by atoms with E-state index in [2.05, 4.69) is 6.92 Å². The molecule has 1 aliphatic heterocycles. The Bertz CT molecular complexity index is 615. The van der Waals surface area contributed by atoms with E-state index in [4.69, 9.17) is 10.7 Å². The zero-order valence-electron chi connectivity index (χ0n) is 11.5.